The molecule has 1 aromatic carbocycles. The van der Waals surface area contributed by atoms with Gasteiger partial charge in [-0.15, -0.1) is 11.3 Å². The molecule has 0 spiro atoms. The Morgan fingerprint density at radius 2 is 1.86 bits per heavy atom. The summed E-state index contributed by atoms with van der Waals surface area (Å²) in [6.07, 6.45) is 1.58. The van der Waals surface area contributed by atoms with Crippen LogP contribution in [0.2, 0.25) is 0 Å². The van der Waals surface area contributed by atoms with Gasteiger partial charge in [0.25, 0.3) is 0 Å². The molecule has 0 unspecified atom stereocenters. The number of nitrogens with one attached hydrogen (secondary N) is 1. The Hall–Kier alpha value is -1.81. The quantitative estimate of drug-likeness (QED) is 0.739. The van der Waals surface area contributed by atoms with E-state index in [1.54, 1.807) is 24.3 Å². The van der Waals surface area contributed by atoms with Gasteiger partial charge in [0, 0.05) is 30.0 Å². The molecule has 1 aliphatic rings. The van der Waals surface area contributed by atoms with E-state index in [2.05, 4.69) is 10.3 Å². The number of morpholine rings is 1. The molecular weight excluding hydrogens is 398 g/mol. The lowest BCUT2D eigenvalue weighted by Crippen LogP contribution is -2.40. The predicted molar refractivity (Wildman–Crippen MR) is 110 cm³/mol. The van der Waals surface area contributed by atoms with Crippen molar-refractivity contribution in [2.24, 2.45) is 5.92 Å². The second kappa shape index (κ2) is 9.13. The molecule has 1 aliphatic heterocycles. The molecule has 1 aromatic heterocycles. The first-order valence-corrected chi connectivity index (χ1v) is 11.7. The van der Waals surface area contributed by atoms with E-state index in [1.807, 2.05) is 19.2 Å². The molecule has 28 heavy (non-hydrogen) atoms. The van der Waals surface area contributed by atoms with Crippen LogP contribution in [-0.2, 0) is 19.6 Å². The van der Waals surface area contributed by atoms with Crippen LogP contribution in [0.4, 0.5) is 5.13 Å². The molecule has 2 aromatic rings. The van der Waals surface area contributed by atoms with Crippen molar-refractivity contribution in [2.45, 2.75) is 31.6 Å². The summed E-state index contributed by atoms with van der Waals surface area (Å²) in [6, 6.07) is 6.69. The lowest BCUT2D eigenvalue weighted by atomic mass is 10.0. The molecule has 3 rings (SSSR count). The molecule has 1 amide bonds. The van der Waals surface area contributed by atoms with Crippen LogP contribution in [0.15, 0.2) is 34.5 Å². The van der Waals surface area contributed by atoms with E-state index >= 15 is 0 Å². The van der Waals surface area contributed by atoms with E-state index in [-0.39, 0.29) is 16.7 Å². The summed E-state index contributed by atoms with van der Waals surface area (Å²) in [5.74, 6) is -0.0325. The summed E-state index contributed by atoms with van der Waals surface area (Å²) in [5.41, 5.74) is 1.51. The van der Waals surface area contributed by atoms with Crippen LogP contribution in [0.1, 0.15) is 26.7 Å². The van der Waals surface area contributed by atoms with Crippen molar-refractivity contribution in [3.05, 3.63) is 29.6 Å². The van der Waals surface area contributed by atoms with Crippen LogP contribution in [0.25, 0.3) is 11.3 Å². The van der Waals surface area contributed by atoms with Gasteiger partial charge in [-0.25, -0.2) is 13.4 Å². The molecule has 0 atom stereocenters. The molecule has 7 nitrogen and oxygen atoms in total. The summed E-state index contributed by atoms with van der Waals surface area (Å²) < 4.78 is 32.0. The van der Waals surface area contributed by atoms with Gasteiger partial charge in [0.05, 0.1) is 23.8 Å². The predicted octanol–water partition coefficient (Wildman–Crippen LogP) is 3.21. The molecule has 0 saturated carbocycles. The molecule has 0 radical (unpaired) electrons. The Labute approximate surface area is 169 Å². The number of hydrogen-bond acceptors (Lipinski definition) is 6. The molecule has 0 bridgehead atoms. The van der Waals surface area contributed by atoms with Crippen molar-refractivity contribution < 1.29 is 17.9 Å². The van der Waals surface area contributed by atoms with Gasteiger partial charge in [-0.05, 0) is 25.0 Å². The van der Waals surface area contributed by atoms with E-state index in [1.165, 1.54) is 15.6 Å². The maximum Gasteiger partial charge on any atom is 0.243 e. The number of sulfonamides is 1. The minimum atomic E-state index is -3.51. The van der Waals surface area contributed by atoms with Crippen molar-refractivity contribution in [1.29, 1.82) is 0 Å². The van der Waals surface area contributed by atoms with E-state index in [9.17, 15) is 13.2 Å². The number of amides is 1. The maximum absolute atomic E-state index is 12.7. The van der Waals surface area contributed by atoms with Gasteiger partial charge >= 0.3 is 0 Å². The van der Waals surface area contributed by atoms with Gasteiger partial charge in [-0.3, -0.25) is 4.79 Å². The number of anilines is 1. The smallest absolute Gasteiger partial charge is 0.243 e. The molecular formula is C19H25N3O4S2. The molecule has 1 fully saturated rings. The van der Waals surface area contributed by atoms with Gasteiger partial charge in [0.2, 0.25) is 15.9 Å². The first kappa shape index (κ1) is 20.9. The highest BCUT2D eigenvalue weighted by Crippen LogP contribution is 2.27. The summed E-state index contributed by atoms with van der Waals surface area (Å²) in [5, 5.41) is 5.27. The molecule has 2 heterocycles. The number of nitrogens with zero attached hydrogens (tertiary/aromatic N) is 2. The van der Waals surface area contributed by atoms with Crippen molar-refractivity contribution >= 4 is 32.4 Å². The van der Waals surface area contributed by atoms with Gasteiger partial charge in [0.1, 0.15) is 0 Å². The van der Waals surface area contributed by atoms with Crippen molar-refractivity contribution in [1.82, 2.24) is 9.29 Å². The van der Waals surface area contributed by atoms with E-state index in [0.717, 1.165) is 18.4 Å². The van der Waals surface area contributed by atoms with Gasteiger partial charge < -0.3 is 10.1 Å². The Morgan fingerprint density at radius 3 is 2.46 bits per heavy atom. The van der Waals surface area contributed by atoms with E-state index in [4.69, 9.17) is 4.74 Å². The van der Waals surface area contributed by atoms with E-state index < -0.39 is 10.0 Å². The summed E-state index contributed by atoms with van der Waals surface area (Å²) in [6.45, 7) is 5.57. The van der Waals surface area contributed by atoms with E-state index in [0.29, 0.717) is 37.1 Å². The van der Waals surface area contributed by atoms with Gasteiger partial charge in [-0.1, -0.05) is 26.0 Å². The van der Waals surface area contributed by atoms with Gasteiger partial charge in [-0.2, -0.15) is 4.31 Å². The fraction of sp³-hybridized carbons (Fsp3) is 0.474. The number of ether oxygens (including phenoxy) is 1. The minimum Gasteiger partial charge on any atom is -0.379 e. The largest absolute Gasteiger partial charge is 0.379 e. The molecule has 1 N–H and O–H groups in total. The number of rotatable bonds is 7. The highest BCUT2D eigenvalue weighted by molar-refractivity contribution is 7.89. The van der Waals surface area contributed by atoms with Crippen LogP contribution in [0, 0.1) is 5.92 Å². The third kappa shape index (κ3) is 4.60. The zero-order chi connectivity index (χ0) is 20.1. The zero-order valence-corrected chi connectivity index (χ0v) is 17.7. The Morgan fingerprint density at radius 1 is 1.21 bits per heavy atom. The normalized spacial score (nSPS) is 15.7. The standard InChI is InChI=1S/C19H25N3O4S2/c1-3-14(4-2)18(23)21-19-20-17(13-27-19)15-5-7-16(8-6-15)28(24,25)22-9-11-26-12-10-22/h5-8,13-14H,3-4,9-12H2,1-2H3,(H,20,21,23). The topological polar surface area (TPSA) is 88.6 Å². The van der Waals surface area contributed by atoms with Crippen molar-refractivity contribution in [3.8, 4) is 11.3 Å². The van der Waals surface area contributed by atoms with Gasteiger partial charge in [0.15, 0.2) is 5.13 Å². The number of carbonyl (C=O) groups excluding carboxylic acids is 1. The number of hydrogen-bond donors (Lipinski definition) is 1. The second-order valence-corrected chi connectivity index (χ2v) is 9.38. The summed E-state index contributed by atoms with van der Waals surface area (Å²) in [7, 11) is -3.51. The van der Waals surface area contributed by atoms with Crippen LogP contribution >= 0.6 is 11.3 Å². The van der Waals surface area contributed by atoms with Crippen molar-refractivity contribution in [3.63, 3.8) is 0 Å². The Bertz CT molecular complexity index is 900. The summed E-state index contributed by atoms with van der Waals surface area (Å²) >= 11 is 1.36. The molecule has 0 aliphatic carbocycles. The highest BCUT2D eigenvalue weighted by Gasteiger charge is 2.26. The number of benzene rings is 1. The molecule has 9 heteroatoms. The minimum absolute atomic E-state index is 0.0159. The fourth-order valence-corrected chi connectivity index (χ4v) is 5.19. The Balaban J connectivity index is 1.72. The van der Waals surface area contributed by atoms with Crippen LogP contribution in [0.5, 0.6) is 0 Å². The number of aromatic nitrogens is 1. The average Bonchev–Trinajstić information content (AvgIpc) is 3.18. The Kier molecular flexibility index (Phi) is 6.82. The summed E-state index contributed by atoms with van der Waals surface area (Å²) in [4.78, 5) is 16.9. The lowest BCUT2D eigenvalue weighted by Gasteiger charge is -2.26. The average molecular weight is 424 g/mol. The third-order valence-corrected chi connectivity index (χ3v) is 7.52. The first-order valence-electron chi connectivity index (χ1n) is 9.40. The zero-order valence-electron chi connectivity index (χ0n) is 16.1. The monoisotopic (exact) mass is 423 g/mol. The maximum atomic E-state index is 12.7. The number of thiazole rings is 1. The van der Waals surface area contributed by atoms with Crippen molar-refractivity contribution in [2.75, 3.05) is 31.6 Å². The SMILES string of the molecule is CCC(CC)C(=O)Nc1nc(-c2ccc(S(=O)(=O)N3CCOCC3)cc2)cs1. The molecule has 1 saturated heterocycles. The second-order valence-electron chi connectivity index (χ2n) is 6.58. The van der Waals surface area contributed by atoms with Crippen LogP contribution in [0.3, 0.4) is 0 Å². The molecule has 152 valence electrons. The first-order chi connectivity index (χ1) is 13.5. The number of carbonyl (C=O) groups is 1. The third-order valence-electron chi connectivity index (χ3n) is 4.85. The lowest BCUT2D eigenvalue weighted by molar-refractivity contribution is -0.120. The fourth-order valence-electron chi connectivity index (χ4n) is 3.06. The van der Waals surface area contributed by atoms with Crippen LogP contribution < -0.4 is 5.32 Å². The highest BCUT2D eigenvalue weighted by atomic mass is 32.2. The van der Waals surface area contributed by atoms with Crippen LogP contribution in [-0.4, -0.2) is 49.9 Å².